The summed E-state index contributed by atoms with van der Waals surface area (Å²) in [6, 6.07) is 0.190. The van der Waals surface area contributed by atoms with Crippen LogP contribution in [0.1, 0.15) is 22.3 Å². The van der Waals surface area contributed by atoms with Gasteiger partial charge in [0.1, 0.15) is 0 Å². The minimum Gasteiger partial charge on any atom is -0.383 e. The first kappa shape index (κ1) is 15.1. The molecule has 1 heterocycles. The van der Waals surface area contributed by atoms with Gasteiger partial charge < -0.3 is 14.4 Å². The summed E-state index contributed by atoms with van der Waals surface area (Å²) in [6.07, 6.45) is 0.853. The zero-order chi connectivity index (χ0) is 13.5. The molecule has 0 spiro atoms. The highest BCUT2D eigenvalue weighted by Gasteiger charge is 2.19. The number of aromatic nitrogens is 1. The van der Waals surface area contributed by atoms with Crippen LogP contribution in [-0.4, -0.2) is 51.3 Å². The Bertz CT molecular complexity index is 381. The van der Waals surface area contributed by atoms with Crippen molar-refractivity contribution in [1.29, 1.82) is 0 Å². The standard InChI is InChI=1S/C12H20N2O3S/c1-9(8-17-4)14(5-6-16-3)12-13-10(2)11(7-15)18-12/h7,9H,5-6,8H2,1-4H3. The zero-order valence-corrected chi connectivity index (χ0v) is 12.1. The molecule has 18 heavy (non-hydrogen) atoms. The normalized spacial score (nSPS) is 12.4. The van der Waals surface area contributed by atoms with Crippen molar-refractivity contribution in [2.75, 3.05) is 38.9 Å². The van der Waals surface area contributed by atoms with Gasteiger partial charge in [0.15, 0.2) is 11.4 Å². The van der Waals surface area contributed by atoms with E-state index >= 15 is 0 Å². The Labute approximate surface area is 112 Å². The van der Waals surface area contributed by atoms with Crippen LogP contribution in [0.25, 0.3) is 0 Å². The van der Waals surface area contributed by atoms with Gasteiger partial charge in [-0.25, -0.2) is 4.98 Å². The number of carbonyl (C=O) groups is 1. The molecule has 0 amide bonds. The molecule has 1 unspecified atom stereocenters. The quantitative estimate of drug-likeness (QED) is 0.675. The minimum atomic E-state index is 0.190. The molecule has 0 aliphatic carbocycles. The first-order valence-corrected chi connectivity index (χ1v) is 6.62. The van der Waals surface area contributed by atoms with E-state index in [9.17, 15) is 4.79 Å². The summed E-state index contributed by atoms with van der Waals surface area (Å²) in [7, 11) is 3.35. The molecule has 0 aromatic carbocycles. The van der Waals surface area contributed by atoms with Crippen molar-refractivity contribution >= 4 is 22.8 Å². The topological polar surface area (TPSA) is 51.7 Å². The van der Waals surface area contributed by atoms with Crippen molar-refractivity contribution in [2.45, 2.75) is 19.9 Å². The molecule has 0 saturated carbocycles. The van der Waals surface area contributed by atoms with Gasteiger partial charge in [-0.2, -0.15) is 0 Å². The van der Waals surface area contributed by atoms with Crippen molar-refractivity contribution in [3.05, 3.63) is 10.6 Å². The van der Waals surface area contributed by atoms with Crippen LogP contribution < -0.4 is 4.90 Å². The van der Waals surface area contributed by atoms with Crippen LogP contribution in [0.5, 0.6) is 0 Å². The molecule has 0 aliphatic rings. The van der Waals surface area contributed by atoms with Crippen LogP contribution in [0.2, 0.25) is 0 Å². The van der Waals surface area contributed by atoms with Gasteiger partial charge in [-0.1, -0.05) is 11.3 Å². The maximum absolute atomic E-state index is 10.9. The highest BCUT2D eigenvalue weighted by Crippen LogP contribution is 2.26. The first-order chi connectivity index (χ1) is 8.63. The second-order valence-electron chi connectivity index (χ2n) is 4.05. The minimum absolute atomic E-state index is 0.190. The SMILES string of the molecule is COCCN(c1nc(C)c(C=O)s1)C(C)COC. The summed E-state index contributed by atoms with van der Waals surface area (Å²) in [4.78, 5) is 18.1. The number of methoxy groups -OCH3 is 2. The monoisotopic (exact) mass is 272 g/mol. The van der Waals surface area contributed by atoms with E-state index in [1.165, 1.54) is 11.3 Å². The average molecular weight is 272 g/mol. The summed E-state index contributed by atoms with van der Waals surface area (Å²) in [5.41, 5.74) is 0.775. The van der Waals surface area contributed by atoms with Crippen molar-refractivity contribution < 1.29 is 14.3 Å². The fourth-order valence-electron chi connectivity index (χ4n) is 1.65. The number of nitrogens with zero attached hydrogens (tertiary/aromatic N) is 2. The molecule has 0 bridgehead atoms. The Morgan fingerprint density at radius 1 is 1.44 bits per heavy atom. The number of thiazole rings is 1. The Hall–Kier alpha value is -0.980. The smallest absolute Gasteiger partial charge is 0.186 e. The molecule has 1 rings (SSSR count). The van der Waals surface area contributed by atoms with Crippen LogP contribution in [-0.2, 0) is 9.47 Å². The third-order valence-corrected chi connectivity index (χ3v) is 3.77. The van der Waals surface area contributed by atoms with E-state index in [4.69, 9.17) is 9.47 Å². The van der Waals surface area contributed by atoms with Gasteiger partial charge in [-0.15, -0.1) is 0 Å². The third kappa shape index (κ3) is 3.76. The maximum Gasteiger partial charge on any atom is 0.186 e. The number of aryl methyl sites for hydroxylation is 1. The van der Waals surface area contributed by atoms with Crippen molar-refractivity contribution in [2.24, 2.45) is 0 Å². The van der Waals surface area contributed by atoms with Crippen LogP contribution >= 0.6 is 11.3 Å². The molecule has 0 N–H and O–H groups in total. The highest BCUT2D eigenvalue weighted by molar-refractivity contribution is 7.17. The van der Waals surface area contributed by atoms with Crippen molar-refractivity contribution in [1.82, 2.24) is 4.98 Å². The van der Waals surface area contributed by atoms with Gasteiger partial charge in [0.25, 0.3) is 0 Å². The largest absolute Gasteiger partial charge is 0.383 e. The second-order valence-corrected chi connectivity index (χ2v) is 5.06. The molecular formula is C12H20N2O3S. The summed E-state index contributed by atoms with van der Waals surface area (Å²) < 4.78 is 10.3. The van der Waals surface area contributed by atoms with Crippen LogP contribution in [0.4, 0.5) is 5.13 Å². The molecule has 0 aliphatic heterocycles. The van der Waals surface area contributed by atoms with Crippen molar-refractivity contribution in [3.63, 3.8) is 0 Å². The maximum atomic E-state index is 10.9. The molecule has 0 saturated heterocycles. The van der Waals surface area contributed by atoms with Gasteiger partial charge in [0, 0.05) is 20.8 Å². The number of hydrogen-bond donors (Lipinski definition) is 0. The fraction of sp³-hybridized carbons (Fsp3) is 0.667. The summed E-state index contributed by atoms with van der Waals surface area (Å²) in [6.45, 7) is 5.86. The van der Waals surface area contributed by atoms with Crippen LogP contribution in [0, 0.1) is 6.92 Å². The fourth-order valence-corrected chi connectivity index (χ4v) is 2.66. The molecule has 1 aromatic heterocycles. The number of rotatable bonds is 8. The molecule has 1 aromatic rings. The molecule has 102 valence electrons. The van der Waals surface area contributed by atoms with Crippen molar-refractivity contribution in [3.8, 4) is 0 Å². The van der Waals surface area contributed by atoms with Gasteiger partial charge in [0.05, 0.1) is 29.8 Å². The Kier molecular flexibility index (Phi) is 6.24. The number of anilines is 1. The predicted octanol–water partition coefficient (Wildman–Crippen LogP) is 1.75. The lowest BCUT2D eigenvalue weighted by molar-refractivity contribution is 0.112. The molecule has 1 atom stereocenters. The van der Waals surface area contributed by atoms with Gasteiger partial charge >= 0.3 is 0 Å². The van der Waals surface area contributed by atoms with Gasteiger partial charge in [-0.3, -0.25) is 4.79 Å². The van der Waals surface area contributed by atoms with E-state index in [0.717, 1.165) is 23.7 Å². The lowest BCUT2D eigenvalue weighted by atomic mass is 10.3. The molecule has 6 heteroatoms. The summed E-state index contributed by atoms with van der Waals surface area (Å²) in [5, 5.41) is 0.844. The Morgan fingerprint density at radius 2 is 2.17 bits per heavy atom. The van der Waals surface area contributed by atoms with E-state index in [-0.39, 0.29) is 6.04 Å². The average Bonchev–Trinajstić information content (AvgIpc) is 2.71. The van der Waals surface area contributed by atoms with Crippen LogP contribution in [0.3, 0.4) is 0 Å². The highest BCUT2D eigenvalue weighted by atomic mass is 32.1. The van der Waals surface area contributed by atoms with E-state index in [2.05, 4.69) is 16.8 Å². The third-order valence-electron chi connectivity index (χ3n) is 2.65. The predicted molar refractivity (Wildman–Crippen MR) is 72.8 cm³/mol. The van der Waals surface area contributed by atoms with E-state index in [1.54, 1.807) is 14.2 Å². The zero-order valence-electron chi connectivity index (χ0n) is 11.3. The summed E-state index contributed by atoms with van der Waals surface area (Å²) >= 11 is 1.41. The number of ether oxygens (including phenoxy) is 2. The van der Waals surface area contributed by atoms with E-state index < -0.39 is 0 Å². The number of hydrogen-bond acceptors (Lipinski definition) is 6. The number of aldehydes is 1. The molecule has 0 fully saturated rings. The second kappa shape index (κ2) is 7.45. The first-order valence-electron chi connectivity index (χ1n) is 5.81. The summed E-state index contributed by atoms with van der Waals surface area (Å²) in [5.74, 6) is 0. The molecule has 0 radical (unpaired) electrons. The van der Waals surface area contributed by atoms with E-state index in [0.29, 0.717) is 18.1 Å². The van der Waals surface area contributed by atoms with E-state index in [1.807, 2.05) is 6.92 Å². The molecular weight excluding hydrogens is 252 g/mol. The van der Waals surface area contributed by atoms with Gasteiger partial charge in [-0.05, 0) is 13.8 Å². The number of carbonyl (C=O) groups excluding carboxylic acids is 1. The Morgan fingerprint density at radius 3 is 2.67 bits per heavy atom. The Balaban J connectivity index is 2.89. The lowest BCUT2D eigenvalue weighted by Crippen LogP contribution is -2.38. The van der Waals surface area contributed by atoms with Gasteiger partial charge in [0.2, 0.25) is 0 Å². The van der Waals surface area contributed by atoms with Crippen LogP contribution in [0.15, 0.2) is 0 Å². The lowest BCUT2D eigenvalue weighted by Gasteiger charge is -2.28. The molecule has 5 nitrogen and oxygen atoms in total.